The monoisotopic (exact) mass is 412 g/mol. The van der Waals surface area contributed by atoms with Crippen LogP contribution >= 0.6 is 0 Å². The summed E-state index contributed by atoms with van der Waals surface area (Å²) in [5, 5.41) is 11.1. The Balaban J connectivity index is 1.86. The molecule has 3 aromatic rings. The van der Waals surface area contributed by atoms with Crippen molar-refractivity contribution in [1.82, 2.24) is 9.88 Å². The lowest BCUT2D eigenvalue weighted by atomic mass is 9.92. The Morgan fingerprint density at radius 2 is 1.74 bits per heavy atom. The summed E-state index contributed by atoms with van der Waals surface area (Å²) in [6, 6.07) is 18.0. The molecule has 0 bridgehead atoms. The van der Waals surface area contributed by atoms with E-state index in [1.165, 1.54) is 4.90 Å². The van der Waals surface area contributed by atoms with Gasteiger partial charge >= 0.3 is 0 Å². The Morgan fingerprint density at radius 3 is 2.39 bits per heavy atom. The van der Waals surface area contributed by atoms with E-state index in [9.17, 15) is 14.7 Å². The fourth-order valence-electron chi connectivity index (χ4n) is 4.00. The van der Waals surface area contributed by atoms with Gasteiger partial charge in [0.2, 0.25) is 0 Å². The smallest absolute Gasteiger partial charge is 0.295 e. The maximum absolute atomic E-state index is 13.1. The van der Waals surface area contributed by atoms with Crippen LogP contribution in [0.1, 0.15) is 40.8 Å². The third kappa shape index (κ3) is 3.87. The fraction of sp³-hybridized carbons (Fsp3) is 0.192. The highest BCUT2D eigenvalue weighted by Crippen LogP contribution is 2.41. The van der Waals surface area contributed by atoms with E-state index in [-0.39, 0.29) is 17.9 Å². The summed E-state index contributed by atoms with van der Waals surface area (Å²) < 4.78 is 0. The number of pyridine rings is 1. The van der Waals surface area contributed by atoms with Crippen LogP contribution in [0.4, 0.5) is 0 Å². The summed E-state index contributed by atoms with van der Waals surface area (Å²) in [7, 11) is 0. The third-order valence-corrected chi connectivity index (χ3v) is 5.73. The molecule has 2 aromatic carbocycles. The number of nitrogens with zero attached hydrogens (tertiary/aromatic N) is 2. The van der Waals surface area contributed by atoms with Crippen LogP contribution in [0.2, 0.25) is 0 Å². The maximum Gasteiger partial charge on any atom is 0.295 e. The first-order valence-electron chi connectivity index (χ1n) is 10.3. The second-order valence-corrected chi connectivity index (χ2v) is 7.70. The van der Waals surface area contributed by atoms with Crippen molar-refractivity contribution in [1.29, 1.82) is 0 Å². The van der Waals surface area contributed by atoms with Crippen molar-refractivity contribution < 1.29 is 14.7 Å². The molecule has 2 heterocycles. The van der Waals surface area contributed by atoms with Gasteiger partial charge in [-0.05, 0) is 41.7 Å². The molecule has 1 N–H and O–H groups in total. The normalized spacial score (nSPS) is 17.9. The molecule has 1 saturated heterocycles. The Labute approximate surface area is 181 Å². The van der Waals surface area contributed by atoms with Crippen LogP contribution in [-0.4, -0.2) is 26.7 Å². The molecular formula is C26H24N2O3. The molecule has 0 radical (unpaired) electrons. The summed E-state index contributed by atoms with van der Waals surface area (Å²) in [4.78, 5) is 31.8. The molecule has 1 aromatic heterocycles. The van der Waals surface area contributed by atoms with Gasteiger partial charge in [0.05, 0.1) is 11.6 Å². The first kappa shape index (κ1) is 20.5. The molecule has 4 rings (SSSR count). The molecule has 156 valence electrons. The number of rotatable bonds is 5. The fourth-order valence-corrected chi connectivity index (χ4v) is 4.00. The lowest BCUT2D eigenvalue weighted by molar-refractivity contribution is -0.140. The van der Waals surface area contributed by atoms with Gasteiger partial charge in [-0.15, -0.1) is 0 Å². The van der Waals surface area contributed by atoms with Crippen molar-refractivity contribution in [3.8, 4) is 0 Å². The van der Waals surface area contributed by atoms with Crippen molar-refractivity contribution in [2.75, 3.05) is 0 Å². The topological polar surface area (TPSA) is 70.5 Å². The number of aliphatic hydroxyl groups is 1. The van der Waals surface area contributed by atoms with E-state index in [4.69, 9.17) is 0 Å². The molecular weight excluding hydrogens is 388 g/mol. The number of hydrogen-bond acceptors (Lipinski definition) is 4. The van der Waals surface area contributed by atoms with E-state index in [2.05, 4.69) is 11.9 Å². The SMILES string of the molecule is CCc1ccc(/C(O)=C2/C(=O)C(=O)N(Cc3cccnc3)C2c2ccccc2C)cc1. The standard InChI is InChI=1S/C26H24N2O3/c1-3-18-10-12-20(13-11-18)24(29)22-23(21-9-5-4-7-17(21)2)28(26(31)25(22)30)16-19-8-6-14-27-15-19/h4-15,23,29H,3,16H2,1-2H3/b24-22-. The van der Waals surface area contributed by atoms with Crippen LogP contribution < -0.4 is 0 Å². The zero-order valence-corrected chi connectivity index (χ0v) is 17.6. The second kappa shape index (κ2) is 8.56. The second-order valence-electron chi connectivity index (χ2n) is 7.70. The highest BCUT2D eigenvalue weighted by Gasteiger charge is 2.46. The number of likely N-dealkylation sites (tertiary alicyclic amines) is 1. The Kier molecular flexibility index (Phi) is 5.67. The van der Waals surface area contributed by atoms with Gasteiger partial charge < -0.3 is 10.0 Å². The number of amides is 1. The van der Waals surface area contributed by atoms with Crippen molar-refractivity contribution in [3.63, 3.8) is 0 Å². The highest BCUT2D eigenvalue weighted by molar-refractivity contribution is 6.46. The van der Waals surface area contributed by atoms with E-state index in [0.29, 0.717) is 5.56 Å². The molecule has 1 atom stereocenters. The van der Waals surface area contributed by atoms with Gasteiger partial charge in [-0.2, -0.15) is 0 Å². The van der Waals surface area contributed by atoms with Gasteiger partial charge in [0.15, 0.2) is 0 Å². The number of aliphatic hydroxyl groups excluding tert-OH is 1. The molecule has 0 aliphatic carbocycles. The van der Waals surface area contributed by atoms with Crippen molar-refractivity contribution in [3.05, 3.63) is 106 Å². The summed E-state index contributed by atoms with van der Waals surface area (Å²) in [5.41, 5.74) is 4.34. The number of aryl methyl sites for hydroxylation is 2. The predicted molar refractivity (Wildman–Crippen MR) is 119 cm³/mol. The number of hydrogen-bond donors (Lipinski definition) is 1. The van der Waals surface area contributed by atoms with Crippen molar-refractivity contribution in [2.24, 2.45) is 0 Å². The molecule has 0 spiro atoms. The summed E-state index contributed by atoms with van der Waals surface area (Å²) in [5.74, 6) is -1.44. The molecule has 1 aliphatic heterocycles. The largest absolute Gasteiger partial charge is 0.507 e. The number of Topliss-reactive ketones (excluding diaryl/α,β-unsaturated/α-hetero) is 1. The molecule has 5 nitrogen and oxygen atoms in total. The minimum Gasteiger partial charge on any atom is -0.507 e. The number of aromatic nitrogens is 1. The lowest BCUT2D eigenvalue weighted by Gasteiger charge is -2.26. The highest BCUT2D eigenvalue weighted by atomic mass is 16.3. The van der Waals surface area contributed by atoms with Gasteiger partial charge in [0.25, 0.3) is 11.7 Å². The van der Waals surface area contributed by atoms with Crippen molar-refractivity contribution in [2.45, 2.75) is 32.9 Å². The molecule has 0 saturated carbocycles. The predicted octanol–water partition coefficient (Wildman–Crippen LogP) is 4.57. The van der Waals surface area contributed by atoms with Crippen LogP contribution in [0, 0.1) is 6.92 Å². The van der Waals surface area contributed by atoms with Crippen LogP contribution in [0.15, 0.2) is 78.6 Å². The average Bonchev–Trinajstić information content (AvgIpc) is 3.04. The van der Waals surface area contributed by atoms with Crippen LogP contribution in [0.3, 0.4) is 0 Å². The number of ketones is 1. The molecule has 31 heavy (non-hydrogen) atoms. The third-order valence-electron chi connectivity index (χ3n) is 5.73. The maximum atomic E-state index is 13.1. The average molecular weight is 412 g/mol. The first-order valence-corrected chi connectivity index (χ1v) is 10.3. The summed E-state index contributed by atoms with van der Waals surface area (Å²) in [6.07, 6.45) is 4.22. The zero-order chi connectivity index (χ0) is 22.0. The van der Waals surface area contributed by atoms with E-state index < -0.39 is 17.7 Å². The van der Waals surface area contributed by atoms with Crippen molar-refractivity contribution >= 4 is 17.4 Å². The number of carbonyl (C=O) groups excluding carboxylic acids is 2. The van der Waals surface area contributed by atoms with Gasteiger partial charge in [-0.25, -0.2) is 0 Å². The summed E-state index contributed by atoms with van der Waals surface area (Å²) in [6.45, 7) is 4.22. The van der Waals surface area contributed by atoms with Gasteiger partial charge in [-0.1, -0.05) is 61.5 Å². The van der Waals surface area contributed by atoms with E-state index in [0.717, 1.165) is 28.7 Å². The molecule has 1 amide bonds. The van der Waals surface area contributed by atoms with Crippen LogP contribution in [0.25, 0.3) is 5.76 Å². The molecule has 1 fully saturated rings. The quantitative estimate of drug-likeness (QED) is 0.378. The Morgan fingerprint density at radius 1 is 1.00 bits per heavy atom. The molecule has 1 unspecified atom stereocenters. The molecule has 5 heteroatoms. The minimum absolute atomic E-state index is 0.118. The van der Waals surface area contributed by atoms with Crippen LogP contribution in [-0.2, 0) is 22.6 Å². The summed E-state index contributed by atoms with van der Waals surface area (Å²) >= 11 is 0. The van der Waals surface area contributed by atoms with Crippen LogP contribution in [0.5, 0.6) is 0 Å². The minimum atomic E-state index is -0.674. The lowest BCUT2D eigenvalue weighted by Crippen LogP contribution is -2.29. The zero-order valence-electron chi connectivity index (χ0n) is 17.6. The first-order chi connectivity index (χ1) is 15.0. The number of carbonyl (C=O) groups is 2. The van der Waals surface area contributed by atoms with E-state index in [1.807, 2.05) is 49.4 Å². The Bertz CT molecular complexity index is 1150. The van der Waals surface area contributed by atoms with E-state index >= 15 is 0 Å². The Hall–Kier alpha value is -3.73. The van der Waals surface area contributed by atoms with E-state index in [1.54, 1.807) is 30.6 Å². The van der Waals surface area contributed by atoms with Gasteiger partial charge in [0.1, 0.15) is 5.76 Å². The van der Waals surface area contributed by atoms with Gasteiger partial charge in [-0.3, -0.25) is 14.6 Å². The number of benzene rings is 2. The molecule has 1 aliphatic rings. The van der Waals surface area contributed by atoms with Gasteiger partial charge in [0, 0.05) is 24.5 Å².